The van der Waals surface area contributed by atoms with E-state index in [2.05, 4.69) is 10.3 Å². The quantitative estimate of drug-likeness (QED) is 0.710. The van der Waals surface area contributed by atoms with Gasteiger partial charge in [0.2, 0.25) is 15.9 Å². The van der Waals surface area contributed by atoms with Gasteiger partial charge in [-0.2, -0.15) is 4.31 Å². The molecule has 0 spiro atoms. The van der Waals surface area contributed by atoms with Crippen molar-refractivity contribution in [1.29, 1.82) is 0 Å². The molecule has 29 heavy (non-hydrogen) atoms. The van der Waals surface area contributed by atoms with E-state index in [1.807, 2.05) is 32.0 Å². The molecule has 0 aliphatic carbocycles. The molecule has 3 rings (SSSR count). The molecule has 0 saturated carbocycles. The summed E-state index contributed by atoms with van der Waals surface area (Å²) in [4.78, 5) is 20.1. The summed E-state index contributed by atoms with van der Waals surface area (Å²) in [6.07, 6.45) is 1.83. The summed E-state index contributed by atoms with van der Waals surface area (Å²) in [5.74, 6) is -0.155. The summed E-state index contributed by atoms with van der Waals surface area (Å²) >= 11 is 1.61. The lowest BCUT2D eigenvalue weighted by atomic mass is 10.2. The number of hydrogen-bond acceptors (Lipinski definition) is 7. The normalized spacial score (nSPS) is 16.7. The predicted molar refractivity (Wildman–Crippen MR) is 112 cm³/mol. The molecule has 0 bridgehead atoms. The molecule has 8 nitrogen and oxygen atoms in total. The number of carbonyl (C=O) groups excluding carboxylic acids is 1. The highest BCUT2D eigenvalue weighted by Gasteiger charge is 2.26. The molecule has 0 radical (unpaired) electrons. The van der Waals surface area contributed by atoms with Gasteiger partial charge in [0.15, 0.2) is 0 Å². The van der Waals surface area contributed by atoms with Gasteiger partial charge < -0.3 is 10.1 Å². The second-order valence-corrected chi connectivity index (χ2v) is 10.2. The van der Waals surface area contributed by atoms with Crippen molar-refractivity contribution in [3.8, 4) is 0 Å². The maximum atomic E-state index is 12.7. The number of benzene rings is 1. The van der Waals surface area contributed by atoms with Crippen molar-refractivity contribution in [2.45, 2.75) is 31.3 Å². The van der Waals surface area contributed by atoms with E-state index in [1.54, 1.807) is 23.5 Å². The van der Waals surface area contributed by atoms with Crippen LogP contribution in [0.2, 0.25) is 0 Å². The van der Waals surface area contributed by atoms with Crippen LogP contribution in [0.15, 0.2) is 35.4 Å². The van der Waals surface area contributed by atoms with Crippen LogP contribution in [0.1, 0.15) is 16.8 Å². The number of rotatable bonds is 7. The summed E-state index contributed by atoms with van der Waals surface area (Å²) in [6.45, 7) is 5.93. The second-order valence-electron chi connectivity index (χ2n) is 6.97. The Morgan fingerprint density at radius 3 is 2.55 bits per heavy atom. The van der Waals surface area contributed by atoms with Gasteiger partial charge in [0.05, 0.1) is 29.2 Å². The van der Waals surface area contributed by atoms with Crippen LogP contribution in [0, 0.1) is 6.92 Å². The first-order chi connectivity index (χ1) is 13.8. The fraction of sp³-hybridized carbons (Fsp3) is 0.474. The number of nitrogens with one attached hydrogen (secondary N) is 1. The Hall–Kier alpha value is -1.85. The largest absolute Gasteiger partial charge is 0.379 e. The summed E-state index contributed by atoms with van der Waals surface area (Å²) in [6, 6.07) is 5.92. The molecule has 10 heteroatoms. The van der Waals surface area contributed by atoms with E-state index in [1.165, 1.54) is 16.4 Å². The smallest absolute Gasteiger partial charge is 0.243 e. The Bertz CT molecular complexity index is 937. The van der Waals surface area contributed by atoms with Crippen molar-refractivity contribution in [3.63, 3.8) is 0 Å². The minimum Gasteiger partial charge on any atom is -0.379 e. The Labute approximate surface area is 175 Å². The fourth-order valence-electron chi connectivity index (χ4n) is 2.95. The first kappa shape index (κ1) is 21.8. The number of hydrogen-bond donors (Lipinski definition) is 1. The number of thiazole rings is 1. The third-order valence-corrected chi connectivity index (χ3v) is 7.66. The highest BCUT2D eigenvalue weighted by atomic mass is 32.2. The minimum atomic E-state index is -3.54. The van der Waals surface area contributed by atoms with Gasteiger partial charge in [-0.25, -0.2) is 13.4 Å². The van der Waals surface area contributed by atoms with Crippen LogP contribution in [-0.2, 0) is 26.1 Å². The van der Waals surface area contributed by atoms with Crippen molar-refractivity contribution < 1.29 is 17.9 Å². The summed E-state index contributed by atoms with van der Waals surface area (Å²) < 4.78 is 32.0. The van der Waals surface area contributed by atoms with E-state index < -0.39 is 10.0 Å². The predicted octanol–water partition coefficient (Wildman–Crippen LogP) is 1.93. The third-order valence-electron chi connectivity index (χ3n) is 4.84. The van der Waals surface area contributed by atoms with Crippen molar-refractivity contribution in [2.75, 3.05) is 38.7 Å². The topological polar surface area (TPSA) is 91.8 Å². The number of aromatic nitrogens is 1. The van der Waals surface area contributed by atoms with Gasteiger partial charge in [0.1, 0.15) is 0 Å². The highest BCUT2D eigenvalue weighted by molar-refractivity contribution is 7.89. The average Bonchev–Trinajstić information content (AvgIpc) is 3.13. The number of likely N-dealkylation sites (N-methyl/N-ethyl adjacent to an activating group) is 1. The molecular weight excluding hydrogens is 412 g/mol. The van der Waals surface area contributed by atoms with Crippen molar-refractivity contribution in [1.82, 2.24) is 14.2 Å². The van der Waals surface area contributed by atoms with Gasteiger partial charge in [-0.1, -0.05) is 0 Å². The SMILES string of the molecule is Cc1ncc(CN(C)[C@H](C)C(=O)Nc2ccc(S(=O)(=O)N3CCOCC3)cc2)s1. The Balaban J connectivity index is 1.60. The van der Waals surface area contributed by atoms with Crippen LogP contribution in [0.3, 0.4) is 0 Å². The molecule has 1 atom stereocenters. The zero-order valence-corrected chi connectivity index (χ0v) is 18.4. The van der Waals surface area contributed by atoms with Gasteiger partial charge >= 0.3 is 0 Å². The van der Waals surface area contributed by atoms with Gasteiger partial charge in [-0.05, 0) is 45.2 Å². The zero-order chi connectivity index (χ0) is 21.0. The Morgan fingerprint density at radius 2 is 1.97 bits per heavy atom. The highest BCUT2D eigenvalue weighted by Crippen LogP contribution is 2.20. The molecule has 1 aromatic carbocycles. The Morgan fingerprint density at radius 1 is 1.31 bits per heavy atom. The molecule has 1 amide bonds. The van der Waals surface area contributed by atoms with E-state index in [0.717, 1.165) is 9.88 Å². The fourth-order valence-corrected chi connectivity index (χ4v) is 5.22. The number of nitrogens with zero attached hydrogens (tertiary/aromatic N) is 3. The van der Waals surface area contributed by atoms with Gasteiger partial charge in [0.25, 0.3) is 0 Å². The molecule has 1 N–H and O–H groups in total. The third kappa shape index (κ3) is 5.40. The van der Waals surface area contributed by atoms with E-state index >= 15 is 0 Å². The average molecular weight is 439 g/mol. The van der Waals surface area contributed by atoms with Crippen molar-refractivity contribution >= 4 is 33.0 Å². The molecule has 1 aromatic heterocycles. The number of carbonyl (C=O) groups is 1. The molecule has 1 aliphatic heterocycles. The molecule has 2 aromatic rings. The molecule has 1 saturated heterocycles. The first-order valence-corrected chi connectivity index (χ1v) is 11.6. The van der Waals surface area contributed by atoms with E-state index in [9.17, 15) is 13.2 Å². The molecule has 0 unspecified atom stereocenters. The maximum Gasteiger partial charge on any atom is 0.243 e. The number of sulfonamides is 1. The van der Waals surface area contributed by atoms with Crippen molar-refractivity contribution in [3.05, 3.63) is 40.3 Å². The van der Waals surface area contributed by atoms with Crippen LogP contribution in [0.25, 0.3) is 0 Å². The molecule has 1 aliphatic rings. The number of anilines is 1. The number of amides is 1. The van der Waals surface area contributed by atoms with E-state index in [0.29, 0.717) is 38.5 Å². The standard InChI is InChI=1S/C19H26N4O4S2/c1-14(22(3)13-17-12-20-15(2)28-17)19(24)21-16-4-6-18(7-5-16)29(25,26)23-8-10-27-11-9-23/h4-7,12,14H,8-11,13H2,1-3H3,(H,21,24)/t14-/m1/s1. The number of aryl methyl sites for hydroxylation is 1. The lowest BCUT2D eigenvalue weighted by Crippen LogP contribution is -2.40. The van der Waals surface area contributed by atoms with Crippen LogP contribution in [0.4, 0.5) is 5.69 Å². The molecule has 2 heterocycles. The first-order valence-electron chi connectivity index (χ1n) is 9.38. The summed E-state index contributed by atoms with van der Waals surface area (Å²) in [7, 11) is -1.66. The van der Waals surface area contributed by atoms with Crippen molar-refractivity contribution in [2.24, 2.45) is 0 Å². The number of ether oxygens (including phenoxy) is 1. The van der Waals surface area contributed by atoms with Gasteiger partial charge in [0, 0.05) is 36.4 Å². The maximum absolute atomic E-state index is 12.7. The van der Waals surface area contributed by atoms with Gasteiger partial charge in [-0.15, -0.1) is 11.3 Å². The van der Waals surface area contributed by atoms with Crippen LogP contribution in [-0.4, -0.2) is 67.9 Å². The minimum absolute atomic E-state index is 0.155. The second kappa shape index (κ2) is 9.31. The molecular formula is C19H26N4O4S2. The summed E-state index contributed by atoms with van der Waals surface area (Å²) in [5, 5.41) is 3.85. The Kier molecular flexibility index (Phi) is 7.01. The van der Waals surface area contributed by atoms with E-state index in [-0.39, 0.29) is 16.8 Å². The zero-order valence-electron chi connectivity index (χ0n) is 16.8. The lowest BCUT2D eigenvalue weighted by Gasteiger charge is -2.26. The van der Waals surface area contributed by atoms with Crippen LogP contribution < -0.4 is 5.32 Å². The lowest BCUT2D eigenvalue weighted by molar-refractivity contribution is -0.120. The van der Waals surface area contributed by atoms with Crippen LogP contribution in [0.5, 0.6) is 0 Å². The number of morpholine rings is 1. The monoisotopic (exact) mass is 438 g/mol. The molecule has 158 valence electrons. The van der Waals surface area contributed by atoms with Gasteiger partial charge in [-0.3, -0.25) is 9.69 Å². The van der Waals surface area contributed by atoms with E-state index in [4.69, 9.17) is 4.74 Å². The van der Waals surface area contributed by atoms with Crippen LogP contribution >= 0.6 is 11.3 Å². The molecule has 1 fully saturated rings. The summed E-state index contributed by atoms with van der Waals surface area (Å²) in [5.41, 5.74) is 0.560.